The molecule has 2 aromatic carbocycles. The van der Waals surface area contributed by atoms with Gasteiger partial charge in [0.1, 0.15) is 0 Å². The first-order valence-corrected chi connectivity index (χ1v) is 18.8. The molecule has 2 amide bonds. The lowest BCUT2D eigenvalue weighted by Crippen LogP contribution is -2.59. The monoisotopic (exact) mass is 700 g/mol. The highest BCUT2D eigenvalue weighted by molar-refractivity contribution is 7.17. The third-order valence-corrected chi connectivity index (χ3v) is 9.91. The number of hydrogen-bond donors (Lipinski definition) is 3. The molecule has 2 aliphatic heterocycles. The fraction of sp³-hybridized carbons (Fsp3) is 0.500. The van der Waals surface area contributed by atoms with Crippen LogP contribution < -0.4 is 16.0 Å². The van der Waals surface area contributed by atoms with Crippen LogP contribution in [0.3, 0.4) is 0 Å². The number of halogens is 1. The summed E-state index contributed by atoms with van der Waals surface area (Å²) in [7, 11) is 0. The van der Waals surface area contributed by atoms with Crippen LogP contribution in [0.4, 0.5) is 0 Å². The summed E-state index contributed by atoms with van der Waals surface area (Å²) >= 11 is 9.14. The number of carbonyl (C=O) groups excluding carboxylic acids is 2. The second-order valence-corrected chi connectivity index (χ2v) is 14.2. The molecular formula is C36H49ClN4O4S2. The molecule has 2 fully saturated rings. The topological polar surface area (TPSA) is 91.9 Å². The highest BCUT2D eigenvalue weighted by atomic mass is 35.5. The molecule has 11 heteroatoms. The average Bonchev–Trinajstić information content (AvgIpc) is 3.68. The second kappa shape index (κ2) is 20.7. The van der Waals surface area contributed by atoms with Crippen molar-refractivity contribution in [3.05, 3.63) is 70.4 Å². The number of fused-ring (bicyclic) bond motifs is 2. The van der Waals surface area contributed by atoms with Crippen molar-refractivity contribution in [1.82, 2.24) is 20.9 Å². The Balaban J connectivity index is 0.000000180. The highest BCUT2D eigenvalue weighted by Gasteiger charge is 2.26. The fourth-order valence-corrected chi connectivity index (χ4v) is 6.93. The molecule has 256 valence electrons. The Morgan fingerprint density at radius 1 is 0.787 bits per heavy atom. The summed E-state index contributed by atoms with van der Waals surface area (Å²) in [4.78, 5) is 23.6. The molecule has 0 radical (unpaired) electrons. The molecule has 3 N–H and O–H groups in total. The molecule has 6 rings (SSSR count). The quantitative estimate of drug-likeness (QED) is 0.106. The molecule has 2 saturated heterocycles. The first-order chi connectivity index (χ1) is 22.9. The van der Waals surface area contributed by atoms with Gasteiger partial charge in [0.2, 0.25) is 11.8 Å². The summed E-state index contributed by atoms with van der Waals surface area (Å²) in [5.74, 6) is 0.816. The predicted octanol–water partition coefficient (Wildman–Crippen LogP) is 5.85. The zero-order chi connectivity index (χ0) is 33.3. The Hall–Kier alpha value is -2.57. The maximum Gasteiger partial charge on any atom is 0.217 e. The smallest absolute Gasteiger partial charge is 0.217 e. The number of likely N-dealkylation sites (tertiary alicyclic amines) is 1. The van der Waals surface area contributed by atoms with Gasteiger partial charge in [-0.1, -0.05) is 24.3 Å². The van der Waals surface area contributed by atoms with Gasteiger partial charge in [-0.3, -0.25) is 14.5 Å². The van der Waals surface area contributed by atoms with Crippen molar-refractivity contribution in [3.8, 4) is 0 Å². The zero-order valence-electron chi connectivity index (χ0n) is 27.6. The number of alkyl halides is 1. The van der Waals surface area contributed by atoms with Crippen LogP contribution in [0.1, 0.15) is 37.8 Å². The Labute approximate surface area is 292 Å². The number of ether oxygens (including phenoxy) is 2. The van der Waals surface area contributed by atoms with E-state index in [4.69, 9.17) is 21.1 Å². The summed E-state index contributed by atoms with van der Waals surface area (Å²) < 4.78 is 13.9. The van der Waals surface area contributed by atoms with Crippen molar-refractivity contribution >= 4 is 66.3 Å². The molecule has 4 aromatic rings. The Bertz CT molecular complexity index is 1500. The third-order valence-electron chi connectivity index (χ3n) is 7.84. The van der Waals surface area contributed by atoms with E-state index in [2.05, 4.69) is 80.1 Å². The molecular weight excluding hydrogens is 652 g/mol. The van der Waals surface area contributed by atoms with E-state index in [-0.39, 0.29) is 11.8 Å². The Morgan fingerprint density at radius 3 is 1.79 bits per heavy atom. The van der Waals surface area contributed by atoms with Gasteiger partial charge in [-0.15, -0.1) is 34.3 Å². The minimum absolute atomic E-state index is 0.0662. The van der Waals surface area contributed by atoms with E-state index in [9.17, 15) is 9.59 Å². The fourth-order valence-electron chi connectivity index (χ4n) is 5.28. The van der Waals surface area contributed by atoms with Gasteiger partial charge in [-0.25, -0.2) is 0 Å². The van der Waals surface area contributed by atoms with E-state index >= 15 is 0 Å². The third kappa shape index (κ3) is 13.8. The Kier molecular flexibility index (Phi) is 16.4. The summed E-state index contributed by atoms with van der Waals surface area (Å²) in [6.45, 7) is 11.1. The van der Waals surface area contributed by atoms with E-state index in [0.717, 1.165) is 84.8 Å². The van der Waals surface area contributed by atoms with Gasteiger partial charge in [0.25, 0.3) is 0 Å². The normalized spacial score (nSPS) is 14.8. The van der Waals surface area contributed by atoms with Crippen LogP contribution in [0.2, 0.25) is 0 Å². The van der Waals surface area contributed by atoms with Crippen molar-refractivity contribution in [2.45, 2.75) is 51.6 Å². The number of nitrogens with one attached hydrogen (secondary N) is 3. The number of benzene rings is 2. The Morgan fingerprint density at radius 2 is 1.32 bits per heavy atom. The minimum Gasteiger partial charge on any atom is -0.381 e. The molecule has 0 unspecified atom stereocenters. The van der Waals surface area contributed by atoms with E-state index in [0.29, 0.717) is 18.0 Å². The molecule has 8 nitrogen and oxygen atoms in total. The van der Waals surface area contributed by atoms with Crippen LogP contribution in [0.25, 0.3) is 20.2 Å². The summed E-state index contributed by atoms with van der Waals surface area (Å²) in [6, 6.07) is 18.4. The van der Waals surface area contributed by atoms with Crippen molar-refractivity contribution in [2.24, 2.45) is 0 Å². The highest BCUT2D eigenvalue weighted by Crippen LogP contribution is 2.23. The number of carbonyl (C=O) groups is 2. The van der Waals surface area contributed by atoms with Gasteiger partial charge in [-0.05, 0) is 82.6 Å². The summed E-state index contributed by atoms with van der Waals surface area (Å²) in [5, 5.41) is 15.7. The number of rotatable bonds is 15. The molecule has 4 heterocycles. The van der Waals surface area contributed by atoms with Gasteiger partial charge >= 0.3 is 0 Å². The van der Waals surface area contributed by atoms with Gasteiger partial charge in [-0.2, -0.15) is 0 Å². The second-order valence-electron chi connectivity index (χ2n) is 11.9. The number of thiophene rings is 2. The first kappa shape index (κ1) is 37.3. The maximum absolute atomic E-state index is 10.9. The van der Waals surface area contributed by atoms with E-state index in [1.165, 1.54) is 31.3 Å². The number of hydrogen-bond acceptors (Lipinski definition) is 8. The van der Waals surface area contributed by atoms with E-state index in [1.807, 2.05) is 0 Å². The maximum atomic E-state index is 10.9. The van der Waals surface area contributed by atoms with Gasteiger partial charge < -0.3 is 25.4 Å². The van der Waals surface area contributed by atoms with E-state index in [1.54, 1.807) is 36.5 Å². The van der Waals surface area contributed by atoms with Crippen LogP contribution in [-0.2, 0) is 31.9 Å². The lowest BCUT2D eigenvalue weighted by Gasteiger charge is -2.39. The molecule has 0 atom stereocenters. The van der Waals surface area contributed by atoms with Crippen LogP contribution in [0, 0.1) is 0 Å². The van der Waals surface area contributed by atoms with Gasteiger partial charge in [0.15, 0.2) is 0 Å². The SMILES string of the molecule is CC(=O)NC1CN(CCCOCCc2ccc3sccc3c2)C1.CC(=O)NC1CNC1.ClCCCOCCc1ccc2sccc2c1. The number of amides is 2. The van der Waals surface area contributed by atoms with E-state index < -0.39 is 0 Å². The lowest BCUT2D eigenvalue weighted by atomic mass is 10.1. The molecule has 0 spiro atoms. The predicted molar refractivity (Wildman–Crippen MR) is 197 cm³/mol. The molecule has 0 aliphatic carbocycles. The van der Waals surface area contributed by atoms with Crippen LogP contribution in [0.5, 0.6) is 0 Å². The largest absolute Gasteiger partial charge is 0.381 e. The number of nitrogens with zero attached hydrogens (tertiary/aromatic N) is 1. The van der Waals surface area contributed by atoms with Crippen LogP contribution in [0.15, 0.2) is 59.3 Å². The van der Waals surface area contributed by atoms with Crippen molar-refractivity contribution in [1.29, 1.82) is 0 Å². The molecule has 2 aromatic heterocycles. The molecule has 47 heavy (non-hydrogen) atoms. The van der Waals surface area contributed by atoms with Crippen molar-refractivity contribution in [3.63, 3.8) is 0 Å². The summed E-state index contributed by atoms with van der Waals surface area (Å²) in [5.41, 5.74) is 2.69. The average molecular weight is 701 g/mol. The zero-order valence-corrected chi connectivity index (χ0v) is 30.0. The lowest BCUT2D eigenvalue weighted by molar-refractivity contribution is -0.121. The molecule has 0 bridgehead atoms. The first-order valence-electron chi connectivity index (χ1n) is 16.5. The van der Waals surface area contributed by atoms with Crippen molar-refractivity contribution < 1.29 is 19.1 Å². The minimum atomic E-state index is 0.0662. The van der Waals surface area contributed by atoms with Gasteiger partial charge in [0, 0.05) is 75.1 Å². The van der Waals surface area contributed by atoms with Gasteiger partial charge in [0.05, 0.1) is 25.3 Å². The van der Waals surface area contributed by atoms with Crippen LogP contribution in [-0.4, -0.2) is 93.8 Å². The standard InChI is InChI=1S/C18H24N2O2S.C13H15ClOS.C5H10N2O/c1-14(21)19-17-12-20(13-17)7-2-8-22-9-5-15-3-4-18-16(11-15)6-10-23-18;14-6-1-7-15-8-4-11-2-3-13-12(10-11)5-9-16-13;1-4(8)7-5-2-6-3-5/h3-4,6,10-11,17H,2,5,7-9,12-13H2,1H3,(H,19,21);2-3,5,9-10H,1,4,6-8H2;5-6H,2-3H2,1H3,(H,7,8). The molecule has 0 saturated carbocycles. The summed E-state index contributed by atoms with van der Waals surface area (Å²) in [6.07, 6.45) is 3.94. The van der Waals surface area contributed by atoms with Crippen LogP contribution >= 0.6 is 34.3 Å². The molecule has 2 aliphatic rings. The van der Waals surface area contributed by atoms with Crippen molar-refractivity contribution in [2.75, 3.05) is 65.0 Å².